The topological polar surface area (TPSA) is 68.8 Å². The molecule has 0 radical (unpaired) electrons. The SMILES string of the molecule is CC(C)COc1cccc(C(=O)NC(=S)Nc2cccc(OCC3CCCO3)c2)c1. The first-order chi connectivity index (χ1) is 14.5. The standard InChI is InChI=1S/C23H28N2O4S/c1-16(2)14-28-19-8-3-6-17(12-19)22(26)25-23(30)24-18-7-4-9-20(13-18)29-15-21-10-5-11-27-21/h3-4,6-9,12-13,16,21H,5,10-11,14-15H2,1-2H3,(H2,24,25,26,30). The van der Waals surface area contributed by atoms with Crippen molar-refractivity contribution < 1.29 is 19.0 Å². The predicted octanol–water partition coefficient (Wildman–Crippen LogP) is 4.41. The lowest BCUT2D eigenvalue weighted by Gasteiger charge is -2.14. The Morgan fingerprint density at radius 3 is 2.67 bits per heavy atom. The first-order valence-electron chi connectivity index (χ1n) is 10.2. The quantitative estimate of drug-likeness (QED) is 0.607. The van der Waals surface area contributed by atoms with Crippen LogP contribution >= 0.6 is 12.2 Å². The molecule has 2 aromatic carbocycles. The highest BCUT2D eigenvalue weighted by atomic mass is 32.1. The second kappa shape index (κ2) is 10.9. The number of thiocarbonyl (C=S) groups is 1. The van der Waals surface area contributed by atoms with Gasteiger partial charge < -0.3 is 19.5 Å². The van der Waals surface area contributed by atoms with Crippen molar-refractivity contribution in [1.82, 2.24) is 5.32 Å². The molecule has 160 valence electrons. The largest absolute Gasteiger partial charge is 0.493 e. The Balaban J connectivity index is 1.51. The van der Waals surface area contributed by atoms with E-state index in [0.29, 0.717) is 30.4 Å². The fourth-order valence-electron chi connectivity index (χ4n) is 2.96. The average Bonchev–Trinajstić information content (AvgIpc) is 3.25. The Kier molecular flexibility index (Phi) is 8.04. The van der Waals surface area contributed by atoms with E-state index >= 15 is 0 Å². The predicted molar refractivity (Wildman–Crippen MR) is 121 cm³/mol. The van der Waals surface area contributed by atoms with E-state index in [1.165, 1.54) is 0 Å². The zero-order valence-electron chi connectivity index (χ0n) is 17.4. The van der Waals surface area contributed by atoms with Crippen LogP contribution in [0.2, 0.25) is 0 Å². The number of carbonyl (C=O) groups is 1. The minimum Gasteiger partial charge on any atom is -0.493 e. The summed E-state index contributed by atoms with van der Waals surface area (Å²) >= 11 is 5.29. The van der Waals surface area contributed by atoms with Gasteiger partial charge in [0.2, 0.25) is 0 Å². The molecule has 0 aliphatic carbocycles. The molecule has 7 heteroatoms. The van der Waals surface area contributed by atoms with Crippen molar-refractivity contribution in [1.29, 1.82) is 0 Å². The molecule has 1 heterocycles. The van der Waals surface area contributed by atoms with E-state index in [0.717, 1.165) is 30.9 Å². The van der Waals surface area contributed by atoms with Gasteiger partial charge in [0.25, 0.3) is 5.91 Å². The van der Waals surface area contributed by atoms with Crippen molar-refractivity contribution >= 4 is 28.9 Å². The Labute approximate surface area is 182 Å². The highest BCUT2D eigenvalue weighted by Gasteiger charge is 2.16. The maximum atomic E-state index is 12.5. The van der Waals surface area contributed by atoms with Gasteiger partial charge in [-0.1, -0.05) is 26.0 Å². The lowest BCUT2D eigenvalue weighted by atomic mass is 10.2. The van der Waals surface area contributed by atoms with Crippen LogP contribution in [0.15, 0.2) is 48.5 Å². The molecule has 1 atom stereocenters. The molecule has 0 bridgehead atoms. The van der Waals surface area contributed by atoms with Gasteiger partial charge in [-0.25, -0.2) is 0 Å². The number of hydrogen-bond acceptors (Lipinski definition) is 5. The highest BCUT2D eigenvalue weighted by molar-refractivity contribution is 7.80. The third-order valence-corrected chi connectivity index (χ3v) is 4.66. The smallest absolute Gasteiger partial charge is 0.257 e. The van der Waals surface area contributed by atoms with Crippen molar-refractivity contribution in [3.63, 3.8) is 0 Å². The van der Waals surface area contributed by atoms with Gasteiger partial charge in [-0.05, 0) is 61.3 Å². The molecule has 1 amide bonds. The average molecular weight is 429 g/mol. The lowest BCUT2D eigenvalue weighted by molar-refractivity contribution is 0.0680. The summed E-state index contributed by atoms with van der Waals surface area (Å²) in [6.07, 6.45) is 2.26. The third kappa shape index (κ3) is 7.00. The van der Waals surface area contributed by atoms with Crippen LogP contribution in [0.4, 0.5) is 5.69 Å². The first kappa shape index (κ1) is 22.1. The monoisotopic (exact) mass is 428 g/mol. The molecule has 0 saturated carbocycles. The molecule has 1 unspecified atom stereocenters. The van der Waals surface area contributed by atoms with Crippen molar-refractivity contribution in [3.8, 4) is 11.5 Å². The van der Waals surface area contributed by atoms with Gasteiger partial charge in [-0.3, -0.25) is 10.1 Å². The first-order valence-corrected chi connectivity index (χ1v) is 10.6. The van der Waals surface area contributed by atoms with Gasteiger partial charge in [0.15, 0.2) is 5.11 Å². The van der Waals surface area contributed by atoms with E-state index in [4.69, 9.17) is 26.4 Å². The molecule has 1 saturated heterocycles. The number of ether oxygens (including phenoxy) is 3. The summed E-state index contributed by atoms with van der Waals surface area (Å²) in [4.78, 5) is 12.5. The normalized spacial score (nSPS) is 15.6. The van der Waals surface area contributed by atoms with E-state index < -0.39 is 0 Å². The highest BCUT2D eigenvalue weighted by Crippen LogP contribution is 2.20. The number of amides is 1. The summed E-state index contributed by atoms with van der Waals surface area (Å²) in [6, 6.07) is 14.5. The van der Waals surface area contributed by atoms with Crippen molar-refractivity contribution in [2.24, 2.45) is 5.92 Å². The summed E-state index contributed by atoms with van der Waals surface area (Å²) in [6.45, 7) is 6.07. The molecule has 3 rings (SSSR count). The van der Waals surface area contributed by atoms with Crippen LogP contribution in [0.5, 0.6) is 11.5 Å². The van der Waals surface area contributed by atoms with Crippen LogP contribution in [-0.2, 0) is 4.74 Å². The Morgan fingerprint density at radius 1 is 1.17 bits per heavy atom. The maximum absolute atomic E-state index is 12.5. The van der Waals surface area contributed by atoms with Gasteiger partial charge >= 0.3 is 0 Å². The molecule has 1 aliphatic rings. The molecule has 1 fully saturated rings. The van der Waals surface area contributed by atoms with E-state index in [1.54, 1.807) is 18.2 Å². The zero-order chi connectivity index (χ0) is 21.3. The summed E-state index contributed by atoms with van der Waals surface area (Å²) in [5.74, 6) is 1.49. The van der Waals surface area contributed by atoms with E-state index in [-0.39, 0.29) is 17.1 Å². The molecule has 30 heavy (non-hydrogen) atoms. The Morgan fingerprint density at radius 2 is 1.93 bits per heavy atom. The second-order valence-corrected chi connectivity index (χ2v) is 8.02. The van der Waals surface area contributed by atoms with Gasteiger partial charge in [0.1, 0.15) is 18.1 Å². The lowest BCUT2D eigenvalue weighted by Crippen LogP contribution is -2.34. The van der Waals surface area contributed by atoms with Crippen LogP contribution in [0.25, 0.3) is 0 Å². The zero-order valence-corrected chi connectivity index (χ0v) is 18.2. The van der Waals surface area contributed by atoms with E-state index in [9.17, 15) is 4.79 Å². The fraction of sp³-hybridized carbons (Fsp3) is 0.391. The molecule has 1 aliphatic heterocycles. The molecule has 2 N–H and O–H groups in total. The van der Waals surface area contributed by atoms with Gasteiger partial charge in [-0.15, -0.1) is 0 Å². The van der Waals surface area contributed by atoms with Gasteiger partial charge in [-0.2, -0.15) is 0 Å². The van der Waals surface area contributed by atoms with E-state index in [2.05, 4.69) is 24.5 Å². The van der Waals surface area contributed by atoms with Crippen molar-refractivity contribution in [2.75, 3.05) is 25.1 Å². The molecular weight excluding hydrogens is 400 g/mol. The van der Waals surface area contributed by atoms with Crippen LogP contribution < -0.4 is 20.1 Å². The Hall–Kier alpha value is -2.64. The molecular formula is C23H28N2O4S. The van der Waals surface area contributed by atoms with Gasteiger partial charge in [0, 0.05) is 23.9 Å². The summed E-state index contributed by atoms with van der Waals surface area (Å²) < 4.78 is 17.1. The van der Waals surface area contributed by atoms with Crippen LogP contribution in [-0.4, -0.2) is 36.9 Å². The van der Waals surface area contributed by atoms with Crippen LogP contribution in [0.1, 0.15) is 37.0 Å². The number of anilines is 1. The molecule has 0 spiro atoms. The Bertz CT molecular complexity index is 866. The van der Waals surface area contributed by atoms with E-state index in [1.807, 2.05) is 30.3 Å². The summed E-state index contributed by atoms with van der Waals surface area (Å²) in [5.41, 5.74) is 1.22. The fourth-order valence-corrected chi connectivity index (χ4v) is 3.17. The number of carbonyl (C=O) groups excluding carboxylic acids is 1. The number of benzene rings is 2. The molecule has 2 aromatic rings. The number of hydrogen-bond donors (Lipinski definition) is 2. The van der Waals surface area contributed by atoms with Crippen LogP contribution in [0.3, 0.4) is 0 Å². The minimum atomic E-state index is -0.298. The maximum Gasteiger partial charge on any atom is 0.257 e. The molecule has 0 aromatic heterocycles. The minimum absolute atomic E-state index is 0.155. The summed E-state index contributed by atoms with van der Waals surface area (Å²) in [7, 11) is 0. The second-order valence-electron chi connectivity index (χ2n) is 7.61. The van der Waals surface area contributed by atoms with Crippen molar-refractivity contribution in [2.45, 2.75) is 32.8 Å². The molecule has 6 nitrogen and oxygen atoms in total. The van der Waals surface area contributed by atoms with Crippen LogP contribution in [0, 0.1) is 5.92 Å². The number of nitrogens with one attached hydrogen (secondary N) is 2. The van der Waals surface area contributed by atoms with Gasteiger partial charge in [0.05, 0.1) is 12.7 Å². The third-order valence-electron chi connectivity index (χ3n) is 4.46. The van der Waals surface area contributed by atoms with Crippen molar-refractivity contribution in [3.05, 3.63) is 54.1 Å². The number of rotatable bonds is 8. The summed E-state index contributed by atoms with van der Waals surface area (Å²) in [5, 5.41) is 5.93.